The Hall–Kier alpha value is -2.91. The Morgan fingerprint density at radius 3 is 2.39 bits per heavy atom. The van der Waals surface area contributed by atoms with Crippen LogP contribution in [0.5, 0.6) is 5.75 Å². The van der Waals surface area contributed by atoms with E-state index in [1.165, 1.54) is 4.90 Å². The Balaban J connectivity index is 1.87. The molecule has 0 heterocycles. The molecule has 9 heteroatoms. The van der Waals surface area contributed by atoms with Crippen molar-refractivity contribution in [2.45, 2.75) is 31.4 Å². The van der Waals surface area contributed by atoms with Crippen LogP contribution in [0.25, 0.3) is 0 Å². The van der Waals surface area contributed by atoms with Crippen LogP contribution >= 0.6 is 0 Å². The van der Waals surface area contributed by atoms with E-state index in [0.717, 1.165) is 0 Å². The van der Waals surface area contributed by atoms with Crippen LogP contribution in [0.4, 0.5) is 0 Å². The molecule has 164 valence electrons. The highest BCUT2D eigenvalue weighted by Gasteiger charge is 2.69. The molecule has 4 rings (SSSR count). The molecule has 9 nitrogen and oxygen atoms in total. The number of rotatable bonds is 2. The van der Waals surface area contributed by atoms with Gasteiger partial charge in [0, 0.05) is 5.92 Å². The second-order valence-corrected chi connectivity index (χ2v) is 9.05. The quantitative estimate of drug-likeness (QED) is 0.516. The number of nitrogens with two attached hydrogens (primary N) is 1. The number of amides is 1. The molecule has 1 aromatic rings. The van der Waals surface area contributed by atoms with Gasteiger partial charge in [-0.3, -0.25) is 28.9 Å². The van der Waals surface area contributed by atoms with Crippen LogP contribution in [0.1, 0.15) is 27.9 Å². The average Bonchev–Trinajstić information content (AvgIpc) is 2.67. The maximum Gasteiger partial charge on any atom is 0.235 e. The van der Waals surface area contributed by atoms with Crippen molar-refractivity contribution in [2.24, 2.45) is 29.4 Å². The normalized spacial score (nSPS) is 34.9. The number of fused-ring (bicyclic) bond motifs is 3. The zero-order valence-corrected chi connectivity index (χ0v) is 17.4. The van der Waals surface area contributed by atoms with Gasteiger partial charge in [0.05, 0.1) is 17.5 Å². The average molecular weight is 428 g/mol. The van der Waals surface area contributed by atoms with Crippen LogP contribution in [-0.4, -0.2) is 69.9 Å². The first kappa shape index (κ1) is 21.3. The van der Waals surface area contributed by atoms with Crippen LogP contribution in [-0.2, 0) is 25.6 Å². The van der Waals surface area contributed by atoms with E-state index in [9.17, 15) is 34.2 Å². The molecule has 2 unspecified atom stereocenters. The number of phenols is 1. The van der Waals surface area contributed by atoms with Crippen molar-refractivity contribution >= 4 is 29.0 Å². The summed E-state index contributed by atoms with van der Waals surface area (Å²) in [6.07, 6.45) is 0.332. The van der Waals surface area contributed by atoms with Crippen molar-refractivity contribution in [3.8, 4) is 5.75 Å². The van der Waals surface area contributed by atoms with Crippen molar-refractivity contribution < 1.29 is 34.2 Å². The number of aryl methyl sites for hydroxylation is 1. The van der Waals surface area contributed by atoms with E-state index in [1.807, 2.05) is 0 Å². The van der Waals surface area contributed by atoms with E-state index in [-0.39, 0.29) is 24.2 Å². The second kappa shape index (κ2) is 6.80. The number of phenolic OH excluding ortho intramolecular Hbond substituents is 1. The maximum atomic E-state index is 13.5. The third-order valence-electron chi connectivity index (χ3n) is 7.14. The summed E-state index contributed by atoms with van der Waals surface area (Å²) in [6.45, 7) is 1.62. The van der Waals surface area contributed by atoms with Crippen LogP contribution < -0.4 is 5.73 Å². The van der Waals surface area contributed by atoms with Gasteiger partial charge in [0.15, 0.2) is 34.7 Å². The molecule has 3 aliphatic carbocycles. The molecule has 1 amide bonds. The summed E-state index contributed by atoms with van der Waals surface area (Å²) in [5, 5.41) is 21.8. The van der Waals surface area contributed by atoms with Gasteiger partial charge in [0.25, 0.3) is 0 Å². The molecule has 4 N–H and O–H groups in total. The first-order valence-corrected chi connectivity index (χ1v) is 10.1. The van der Waals surface area contributed by atoms with Crippen molar-refractivity contribution in [3.63, 3.8) is 0 Å². The Labute approximate surface area is 178 Å². The fourth-order valence-corrected chi connectivity index (χ4v) is 5.68. The lowest BCUT2D eigenvalue weighted by Crippen LogP contribution is -2.74. The predicted molar refractivity (Wildman–Crippen MR) is 106 cm³/mol. The lowest BCUT2D eigenvalue weighted by atomic mass is 9.52. The van der Waals surface area contributed by atoms with E-state index in [2.05, 4.69) is 0 Å². The number of Topliss-reactive ketones (excluding diaryl/α,β-unsaturated/α-hetero) is 4. The molecule has 31 heavy (non-hydrogen) atoms. The van der Waals surface area contributed by atoms with E-state index in [4.69, 9.17) is 5.73 Å². The highest BCUT2D eigenvalue weighted by molar-refractivity contribution is 6.32. The van der Waals surface area contributed by atoms with Crippen molar-refractivity contribution in [1.29, 1.82) is 0 Å². The monoisotopic (exact) mass is 428 g/mol. The summed E-state index contributed by atoms with van der Waals surface area (Å²) in [5.41, 5.74) is 3.65. The number of carbonyl (C=O) groups is 5. The zero-order chi connectivity index (χ0) is 23.0. The molecule has 2 saturated carbocycles. The number of benzene rings is 1. The topological polar surface area (TPSA) is 155 Å². The molecular weight excluding hydrogens is 404 g/mol. The van der Waals surface area contributed by atoms with Gasteiger partial charge in [0.2, 0.25) is 5.91 Å². The summed E-state index contributed by atoms with van der Waals surface area (Å²) in [6, 6.07) is 2.30. The number of hydrogen-bond acceptors (Lipinski definition) is 8. The summed E-state index contributed by atoms with van der Waals surface area (Å²) in [7, 11) is 3.10. The van der Waals surface area contributed by atoms with E-state index in [0.29, 0.717) is 11.1 Å². The number of ketones is 4. The molecular formula is C22H24N2O7. The van der Waals surface area contributed by atoms with Crippen LogP contribution in [0.3, 0.4) is 0 Å². The summed E-state index contributed by atoms with van der Waals surface area (Å²) < 4.78 is 0. The van der Waals surface area contributed by atoms with Crippen molar-refractivity contribution in [1.82, 2.24) is 4.90 Å². The Kier molecular flexibility index (Phi) is 4.68. The number of carbonyl (C=O) groups excluding carboxylic acids is 5. The van der Waals surface area contributed by atoms with Crippen LogP contribution in [0.15, 0.2) is 12.1 Å². The highest BCUT2D eigenvalue weighted by atomic mass is 16.3. The maximum absolute atomic E-state index is 13.5. The molecule has 3 aliphatic rings. The van der Waals surface area contributed by atoms with Crippen molar-refractivity contribution in [3.05, 3.63) is 28.8 Å². The second-order valence-electron chi connectivity index (χ2n) is 9.05. The first-order valence-electron chi connectivity index (χ1n) is 10.1. The number of nitrogens with zero attached hydrogens (tertiary/aromatic N) is 1. The third kappa shape index (κ3) is 2.66. The lowest BCUT2D eigenvalue weighted by Gasteiger charge is -2.52. The molecule has 2 fully saturated rings. The zero-order valence-electron chi connectivity index (χ0n) is 17.4. The first-order chi connectivity index (χ1) is 14.4. The van der Waals surface area contributed by atoms with E-state index in [1.54, 1.807) is 33.2 Å². The molecule has 0 aliphatic heterocycles. The van der Waals surface area contributed by atoms with Gasteiger partial charge in [0.1, 0.15) is 5.75 Å². The van der Waals surface area contributed by atoms with Gasteiger partial charge in [-0.25, -0.2) is 0 Å². The summed E-state index contributed by atoms with van der Waals surface area (Å²) >= 11 is 0. The van der Waals surface area contributed by atoms with Crippen LogP contribution in [0.2, 0.25) is 0 Å². The number of aromatic hydroxyl groups is 1. The smallest absolute Gasteiger partial charge is 0.235 e. The predicted octanol–water partition coefficient (Wildman–Crippen LogP) is -0.825. The minimum Gasteiger partial charge on any atom is -0.507 e. The Morgan fingerprint density at radius 2 is 1.81 bits per heavy atom. The van der Waals surface area contributed by atoms with Gasteiger partial charge in [-0.05, 0) is 50.9 Å². The molecule has 1 aromatic carbocycles. The number of primary amides is 1. The summed E-state index contributed by atoms with van der Waals surface area (Å²) in [4.78, 5) is 66.2. The fraction of sp³-hybridized carbons (Fsp3) is 0.500. The number of hydrogen-bond donors (Lipinski definition) is 3. The van der Waals surface area contributed by atoms with Gasteiger partial charge < -0.3 is 15.9 Å². The van der Waals surface area contributed by atoms with Gasteiger partial charge >= 0.3 is 0 Å². The largest absolute Gasteiger partial charge is 0.507 e. The van der Waals surface area contributed by atoms with E-state index >= 15 is 0 Å². The summed E-state index contributed by atoms with van der Waals surface area (Å²) in [5.74, 6) is -10.1. The van der Waals surface area contributed by atoms with E-state index < -0.39 is 64.4 Å². The molecule has 0 saturated heterocycles. The molecule has 0 spiro atoms. The number of aliphatic hydroxyl groups is 1. The van der Waals surface area contributed by atoms with Gasteiger partial charge in [-0.1, -0.05) is 12.1 Å². The number of likely N-dealkylation sites (N-methyl/N-ethyl adjacent to an activating group) is 1. The Bertz CT molecular complexity index is 1060. The molecule has 6 atom stereocenters. The van der Waals surface area contributed by atoms with Crippen LogP contribution in [0, 0.1) is 30.6 Å². The minimum absolute atomic E-state index is 0.0200. The molecule has 0 aromatic heterocycles. The van der Waals surface area contributed by atoms with Crippen molar-refractivity contribution in [2.75, 3.05) is 14.1 Å². The third-order valence-corrected chi connectivity index (χ3v) is 7.14. The lowest BCUT2D eigenvalue weighted by molar-refractivity contribution is -0.181. The molecule has 0 bridgehead atoms. The molecule has 0 radical (unpaired) electrons. The highest BCUT2D eigenvalue weighted by Crippen LogP contribution is 2.50. The minimum atomic E-state index is -2.68. The SMILES string of the molecule is Cc1ccc2c(c1O)C(=O)C1C(=O)[C@]3(O)C(=O)C(C(N)=O)C(=O)[C@@H](N(C)C)[C@@H]3C[C@@H]1C2. The fourth-order valence-electron chi connectivity index (χ4n) is 5.68. The van der Waals surface area contributed by atoms with Gasteiger partial charge in [-0.15, -0.1) is 0 Å². The standard InChI is InChI=1S/C22H24N2O7/c1-8-4-5-9-6-10-7-11-15(24(2)3)18(27)14(21(23)30)20(29)22(11,31)19(28)13(10)17(26)12(9)16(8)25/h4-5,10-11,13-15,25,31H,6-7H2,1-3H3,(H2,23,30)/t10-,11-,13?,14?,15-,22-/m0/s1. The Morgan fingerprint density at radius 1 is 1.16 bits per heavy atom. The van der Waals surface area contributed by atoms with Gasteiger partial charge in [-0.2, -0.15) is 0 Å².